The summed E-state index contributed by atoms with van der Waals surface area (Å²) in [5.41, 5.74) is 0.419. The molecule has 1 aliphatic rings. The minimum absolute atomic E-state index is 0.307. The molecule has 0 aromatic carbocycles. The fraction of sp³-hybridized carbons (Fsp3) is 1.00. The molecule has 1 rings (SSSR count). The lowest BCUT2D eigenvalue weighted by Gasteiger charge is -2.45. The van der Waals surface area contributed by atoms with E-state index >= 15 is 0 Å². The zero-order valence-electron chi connectivity index (χ0n) is 6.15. The Balaban J connectivity index is 2.28. The van der Waals surface area contributed by atoms with Crippen molar-refractivity contribution in [3.8, 4) is 0 Å². The molecule has 1 fully saturated rings. The van der Waals surface area contributed by atoms with Crippen LogP contribution in [0.4, 0.5) is 0 Å². The van der Waals surface area contributed by atoms with E-state index in [-0.39, 0.29) is 0 Å². The van der Waals surface area contributed by atoms with Crippen molar-refractivity contribution >= 4 is 0 Å². The molecule has 1 atom stereocenters. The van der Waals surface area contributed by atoms with E-state index in [9.17, 15) is 0 Å². The zero-order valence-corrected chi connectivity index (χ0v) is 6.15. The molecule has 0 amide bonds. The molecule has 0 spiro atoms. The first-order valence-corrected chi connectivity index (χ1v) is 3.51. The molecular weight excluding hydrogens is 114 g/mol. The van der Waals surface area contributed by atoms with Gasteiger partial charge in [-0.2, -0.15) is 0 Å². The van der Waals surface area contributed by atoms with Gasteiger partial charge in [0, 0.05) is 19.2 Å². The molecule has 2 heteroatoms. The molecule has 0 saturated carbocycles. The maximum atomic E-state index is 8.59. The van der Waals surface area contributed by atoms with Gasteiger partial charge in [0.05, 0.1) is 0 Å². The van der Waals surface area contributed by atoms with Gasteiger partial charge in [0.25, 0.3) is 0 Å². The van der Waals surface area contributed by atoms with E-state index in [1.807, 2.05) is 0 Å². The number of hydrogen-bond donors (Lipinski definition) is 2. The third-order valence-electron chi connectivity index (χ3n) is 2.17. The van der Waals surface area contributed by atoms with Gasteiger partial charge < -0.3 is 10.4 Å². The monoisotopic (exact) mass is 129 g/mol. The summed E-state index contributed by atoms with van der Waals surface area (Å²) in [7, 11) is 0. The zero-order chi connectivity index (χ0) is 6.91. The van der Waals surface area contributed by atoms with Crippen LogP contribution < -0.4 is 5.32 Å². The lowest BCUT2D eigenvalue weighted by Crippen LogP contribution is -2.59. The van der Waals surface area contributed by atoms with Crippen molar-refractivity contribution in [1.82, 2.24) is 5.32 Å². The van der Waals surface area contributed by atoms with Gasteiger partial charge >= 0.3 is 0 Å². The average Bonchev–Trinajstić information content (AvgIpc) is 1.81. The highest BCUT2D eigenvalue weighted by Crippen LogP contribution is 2.29. The second kappa shape index (κ2) is 2.27. The predicted octanol–water partition coefficient (Wildman–Crippen LogP) is 0.367. The molecule has 1 heterocycles. The van der Waals surface area contributed by atoms with Gasteiger partial charge in [0.2, 0.25) is 0 Å². The molecule has 0 bridgehead atoms. The maximum Gasteiger partial charge on any atom is 0.0446 e. The van der Waals surface area contributed by atoms with Crippen molar-refractivity contribution < 1.29 is 5.11 Å². The molecule has 0 aromatic rings. The van der Waals surface area contributed by atoms with Gasteiger partial charge in [0.15, 0.2) is 0 Å². The summed E-state index contributed by atoms with van der Waals surface area (Å²) >= 11 is 0. The first-order chi connectivity index (χ1) is 4.17. The van der Waals surface area contributed by atoms with Gasteiger partial charge in [0.1, 0.15) is 0 Å². The minimum Gasteiger partial charge on any atom is -0.396 e. The first-order valence-electron chi connectivity index (χ1n) is 3.51. The largest absolute Gasteiger partial charge is 0.396 e. The summed E-state index contributed by atoms with van der Waals surface area (Å²) in [4.78, 5) is 0. The van der Waals surface area contributed by atoms with Crippen LogP contribution in [0.1, 0.15) is 20.3 Å². The molecule has 2 N–H and O–H groups in total. The Hall–Kier alpha value is -0.0800. The third-order valence-corrected chi connectivity index (χ3v) is 2.17. The van der Waals surface area contributed by atoms with Crippen molar-refractivity contribution in [1.29, 1.82) is 0 Å². The Kier molecular flexibility index (Phi) is 1.78. The molecule has 1 unspecified atom stereocenters. The Bertz CT molecular complexity index is 101. The van der Waals surface area contributed by atoms with E-state index in [0.717, 1.165) is 13.0 Å². The van der Waals surface area contributed by atoms with Crippen LogP contribution in [0.2, 0.25) is 0 Å². The first kappa shape index (κ1) is 7.03. The topological polar surface area (TPSA) is 32.3 Å². The third kappa shape index (κ3) is 1.25. The molecule has 0 aromatic heterocycles. The SMILES string of the molecule is CC1(C)CNC1CCO. The summed E-state index contributed by atoms with van der Waals surface area (Å²) in [6.45, 7) is 5.85. The highest BCUT2D eigenvalue weighted by Gasteiger charge is 2.36. The van der Waals surface area contributed by atoms with Crippen LogP contribution in [0.5, 0.6) is 0 Å². The van der Waals surface area contributed by atoms with Crippen molar-refractivity contribution in [2.75, 3.05) is 13.2 Å². The molecule has 2 nitrogen and oxygen atoms in total. The lowest BCUT2D eigenvalue weighted by molar-refractivity contribution is 0.0987. The number of hydrogen-bond acceptors (Lipinski definition) is 2. The highest BCUT2D eigenvalue weighted by molar-refractivity contribution is 4.94. The van der Waals surface area contributed by atoms with Crippen molar-refractivity contribution in [3.05, 3.63) is 0 Å². The standard InChI is InChI=1S/C7H15NO/c1-7(2)5-8-6(7)3-4-9/h6,8-9H,3-5H2,1-2H3. The van der Waals surface area contributed by atoms with Crippen LogP contribution >= 0.6 is 0 Å². The normalized spacial score (nSPS) is 31.7. The highest BCUT2D eigenvalue weighted by atomic mass is 16.3. The second-order valence-electron chi connectivity index (χ2n) is 3.43. The van der Waals surface area contributed by atoms with E-state index in [4.69, 9.17) is 5.11 Å². The van der Waals surface area contributed by atoms with Crippen molar-refractivity contribution in [3.63, 3.8) is 0 Å². The quantitative estimate of drug-likeness (QED) is 0.564. The van der Waals surface area contributed by atoms with E-state index < -0.39 is 0 Å². The molecule has 0 aliphatic carbocycles. The summed E-state index contributed by atoms with van der Waals surface area (Å²) in [6, 6.07) is 0.544. The average molecular weight is 129 g/mol. The fourth-order valence-electron chi connectivity index (χ4n) is 1.28. The van der Waals surface area contributed by atoms with Crippen LogP contribution in [0, 0.1) is 5.41 Å². The molecular formula is C7H15NO. The lowest BCUT2D eigenvalue weighted by atomic mass is 9.76. The Morgan fingerprint density at radius 3 is 2.44 bits per heavy atom. The smallest absolute Gasteiger partial charge is 0.0446 e. The Morgan fingerprint density at radius 1 is 1.67 bits per heavy atom. The van der Waals surface area contributed by atoms with Crippen molar-refractivity contribution in [2.24, 2.45) is 5.41 Å². The van der Waals surface area contributed by atoms with Crippen LogP contribution in [-0.2, 0) is 0 Å². The summed E-state index contributed by atoms with van der Waals surface area (Å²) in [5.74, 6) is 0. The number of aliphatic hydroxyl groups excluding tert-OH is 1. The number of aliphatic hydroxyl groups is 1. The van der Waals surface area contributed by atoms with Crippen LogP contribution in [-0.4, -0.2) is 24.3 Å². The predicted molar refractivity (Wildman–Crippen MR) is 37.3 cm³/mol. The fourth-order valence-corrected chi connectivity index (χ4v) is 1.28. The molecule has 1 saturated heterocycles. The van der Waals surface area contributed by atoms with Gasteiger partial charge in [-0.25, -0.2) is 0 Å². The summed E-state index contributed by atoms with van der Waals surface area (Å²) in [5, 5.41) is 11.9. The van der Waals surface area contributed by atoms with E-state index in [0.29, 0.717) is 18.1 Å². The maximum absolute atomic E-state index is 8.59. The summed E-state index contributed by atoms with van der Waals surface area (Å²) in [6.07, 6.45) is 0.896. The van der Waals surface area contributed by atoms with Crippen LogP contribution in [0.15, 0.2) is 0 Å². The van der Waals surface area contributed by atoms with Gasteiger partial charge in [-0.3, -0.25) is 0 Å². The second-order valence-corrected chi connectivity index (χ2v) is 3.43. The molecule has 0 radical (unpaired) electrons. The molecule has 9 heavy (non-hydrogen) atoms. The van der Waals surface area contributed by atoms with Gasteiger partial charge in [-0.15, -0.1) is 0 Å². The number of nitrogens with one attached hydrogen (secondary N) is 1. The van der Waals surface area contributed by atoms with Gasteiger partial charge in [-0.05, 0) is 11.8 Å². The van der Waals surface area contributed by atoms with E-state index in [1.54, 1.807) is 0 Å². The Morgan fingerprint density at radius 2 is 2.33 bits per heavy atom. The van der Waals surface area contributed by atoms with Crippen LogP contribution in [0.25, 0.3) is 0 Å². The minimum atomic E-state index is 0.307. The van der Waals surface area contributed by atoms with Crippen molar-refractivity contribution in [2.45, 2.75) is 26.3 Å². The summed E-state index contributed by atoms with van der Waals surface area (Å²) < 4.78 is 0. The van der Waals surface area contributed by atoms with E-state index in [1.165, 1.54) is 0 Å². The molecule has 1 aliphatic heterocycles. The van der Waals surface area contributed by atoms with Crippen LogP contribution in [0.3, 0.4) is 0 Å². The van der Waals surface area contributed by atoms with E-state index in [2.05, 4.69) is 19.2 Å². The Labute approximate surface area is 56.3 Å². The number of rotatable bonds is 2. The molecule has 54 valence electrons. The van der Waals surface area contributed by atoms with Gasteiger partial charge in [-0.1, -0.05) is 13.8 Å².